The van der Waals surface area contributed by atoms with Crippen molar-refractivity contribution in [2.75, 3.05) is 7.11 Å². The van der Waals surface area contributed by atoms with Gasteiger partial charge in [-0.3, -0.25) is 4.68 Å². The summed E-state index contributed by atoms with van der Waals surface area (Å²) in [5, 5.41) is 9.02. The van der Waals surface area contributed by atoms with E-state index in [1.807, 2.05) is 20.0 Å². The van der Waals surface area contributed by atoms with Crippen molar-refractivity contribution < 1.29 is 9.26 Å². The molecule has 1 atom stereocenters. The number of rotatable bonds is 4. The molecule has 0 radical (unpaired) electrons. The standard InChI is InChI=1S/C15H14BrClN4O2/c1-8-12(16)7-21(19-8)9(2)15-18-14(20-23-15)11-6-10(17)4-5-13(11)22-3/h4-7,9H,1-3H3. The van der Waals surface area contributed by atoms with Crippen LogP contribution in [0.15, 0.2) is 33.4 Å². The molecule has 0 amide bonds. The predicted molar refractivity (Wildman–Crippen MR) is 89.8 cm³/mol. The molecule has 0 saturated heterocycles. The normalized spacial score (nSPS) is 12.4. The number of aryl methyl sites for hydroxylation is 1. The van der Waals surface area contributed by atoms with Gasteiger partial charge in [0.1, 0.15) is 11.8 Å². The molecule has 2 heterocycles. The van der Waals surface area contributed by atoms with E-state index in [1.165, 1.54) is 0 Å². The first kappa shape index (κ1) is 16.0. The molecule has 0 bridgehead atoms. The Kier molecular flexibility index (Phi) is 4.41. The molecule has 0 spiro atoms. The first-order valence-corrected chi connectivity index (χ1v) is 8.05. The van der Waals surface area contributed by atoms with Gasteiger partial charge in [-0.25, -0.2) is 0 Å². The van der Waals surface area contributed by atoms with Gasteiger partial charge >= 0.3 is 0 Å². The van der Waals surface area contributed by atoms with Crippen LogP contribution in [0.5, 0.6) is 5.75 Å². The van der Waals surface area contributed by atoms with Crippen LogP contribution in [-0.4, -0.2) is 27.0 Å². The lowest BCUT2D eigenvalue weighted by Gasteiger charge is -2.06. The number of halogens is 2. The average Bonchev–Trinajstić information content (AvgIpc) is 3.14. The third-order valence-electron chi connectivity index (χ3n) is 3.46. The van der Waals surface area contributed by atoms with E-state index < -0.39 is 0 Å². The summed E-state index contributed by atoms with van der Waals surface area (Å²) in [5.41, 5.74) is 1.58. The molecule has 0 aliphatic carbocycles. The van der Waals surface area contributed by atoms with E-state index in [9.17, 15) is 0 Å². The van der Waals surface area contributed by atoms with Crippen molar-refractivity contribution in [1.29, 1.82) is 0 Å². The summed E-state index contributed by atoms with van der Waals surface area (Å²) in [6.45, 7) is 3.86. The molecule has 8 heteroatoms. The summed E-state index contributed by atoms with van der Waals surface area (Å²) >= 11 is 9.49. The van der Waals surface area contributed by atoms with E-state index in [2.05, 4.69) is 31.2 Å². The monoisotopic (exact) mass is 396 g/mol. The van der Waals surface area contributed by atoms with Gasteiger partial charge in [0.25, 0.3) is 5.89 Å². The number of ether oxygens (including phenoxy) is 1. The fourth-order valence-electron chi connectivity index (χ4n) is 2.14. The number of nitrogens with zero attached hydrogens (tertiary/aromatic N) is 4. The highest BCUT2D eigenvalue weighted by molar-refractivity contribution is 9.10. The Morgan fingerprint density at radius 1 is 1.39 bits per heavy atom. The summed E-state index contributed by atoms with van der Waals surface area (Å²) in [4.78, 5) is 4.45. The molecule has 1 unspecified atom stereocenters. The Morgan fingerprint density at radius 3 is 2.83 bits per heavy atom. The molecule has 0 fully saturated rings. The highest BCUT2D eigenvalue weighted by Crippen LogP contribution is 2.31. The second-order valence-corrected chi connectivity index (χ2v) is 6.31. The average molecular weight is 398 g/mol. The van der Waals surface area contributed by atoms with Crippen molar-refractivity contribution in [3.8, 4) is 17.1 Å². The predicted octanol–water partition coefficient (Wildman–Crippen LogP) is 4.28. The second-order valence-electron chi connectivity index (χ2n) is 5.02. The van der Waals surface area contributed by atoms with E-state index in [4.69, 9.17) is 20.9 Å². The minimum atomic E-state index is -0.188. The molecule has 0 saturated carbocycles. The van der Waals surface area contributed by atoms with Gasteiger partial charge in [-0.05, 0) is 48.0 Å². The first-order valence-electron chi connectivity index (χ1n) is 6.88. The van der Waals surface area contributed by atoms with Crippen molar-refractivity contribution in [2.24, 2.45) is 0 Å². The Morgan fingerprint density at radius 2 is 2.17 bits per heavy atom. The number of aromatic nitrogens is 4. The van der Waals surface area contributed by atoms with Gasteiger partial charge in [0.05, 0.1) is 22.8 Å². The quantitative estimate of drug-likeness (QED) is 0.657. The SMILES string of the molecule is COc1ccc(Cl)cc1-c1noc(C(C)n2cc(Br)c(C)n2)n1. The van der Waals surface area contributed by atoms with Crippen LogP contribution in [0.4, 0.5) is 0 Å². The number of methoxy groups -OCH3 is 1. The van der Waals surface area contributed by atoms with Crippen molar-refractivity contribution >= 4 is 27.5 Å². The molecule has 6 nitrogen and oxygen atoms in total. The lowest BCUT2D eigenvalue weighted by molar-refractivity contribution is 0.336. The van der Waals surface area contributed by atoms with Gasteiger partial charge in [-0.15, -0.1) is 0 Å². The molecule has 3 rings (SSSR count). The van der Waals surface area contributed by atoms with Crippen LogP contribution >= 0.6 is 27.5 Å². The van der Waals surface area contributed by atoms with Gasteiger partial charge < -0.3 is 9.26 Å². The van der Waals surface area contributed by atoms with E-state index >= 15 is 0 Å². The maximum absolute atomic E-state index is 6.05. The zero-order valence-electron chi connectivity index (χ0n) is 12.7. The second kappa shape index (κ2) is 6.33. The van der Waals surface area contributed by atoms with Crippen LogP contribution in [0.1, 0.15) is 24.6 Å². The van der Waals surface area contributed by atoms with Gasteiger partial charge in [0, 0.05) is 11.2 Å². The summed E-state index contributed by atoms with van der Waals surface area (Å²) in [6, 6.07) is 5.07. The number of hydrogen-bond acceptors (Lipinski definition) is 5. The Hall–Kier alpha value is -1.86. The van der Waals surface area contributed by atoms with Crippen LogP contribution in [0.2, 0.25) is 5.02 Å². The van der Waals surface area contributed by atoms with Crippen molar-refractivity contribution in [3.63, 3.8) is 0 Å². The molecule has 1 aromatic carbocycles. The highest BCUT2D eigenvalue weighted by atomic mass is 79.9. The zero-order chi connectivity index (χ0) is 16.6. The topological polar surface area (TPSA) is 66.0 Å². The molecule has 2 aromatic heterocycles. The maximum atomic E-state index is 6.05. The molecule has 0 aliphatic heterocycles. The number of benzene rings is 1. The highest BCUT2D eigenvalue weighted by Gasteiger charge is 2.20. The summed E-state index contributed by atoms with van der Waals surface area (Å²) < 4.78 is 13.4. The van der Waals surface area contributed by atoms with E-state index in [0.29, 0.717) is 28.1 Å². The summed E-state index contributed by atoms with van der Waals surface area (Å²) in [5.74, 6) is 1.51. The Labute approximate surface area is 146 Å². The lowest BCUT2D eigenvalue weighted by Crippen LogP contribution is -2.07. The van der Waals surface area contributed by atoms with Crippen molar-refractivity contribution in [2.45, 2.75) is 19.9 Å². The van der Waals surface area contributed by atoms with Gasteiger partial charge in [0.15, 0.2) is 0 Å². The van der Waals surface area contributed by atoms with Gasteiger partial charge in [-0.2, -0.15) is 10.1 Å². The molecular weight excluding hydrogens is 384 g/mol. The minimum absolute atomic E-state index is 0.188. The van der Waals surface area contributed by atoms with E-state index in [-0.39, 0.29) is 6.04 Å². The van der Waals surface area contributed by atoms with Crippen molar-refractivity contribution in [3.05, 3.63) is 45.5 Å². The van der Waals surface area contributed by atoms with Crippen LogP contribution in [-0.2, 0) is 0 Å². The van der Waals surface area contributed by atoms with Crippen LogP contribution < -0.4 is 4.74 Å². The summed E-state index contributed by atoms with van der Waals surface area (Å²) in [7, 11) is 1.58. The zero-order valence-corrected chi connectivity index (χ0v) is 15.1. The fourth-order valence-corrected chi connectivity index (χ4v) is 2.60. The summed E-state index contributed by atoms with van der Waals surface area (Å²) in [6.07, 6.45) is 1.88. The third-order valence-corrected chi connectivity index (χ3v) is 4.47. The largest absolute Gasteiger partial charge is 0.496 e. The molecule has 120 valence electrons. The van der Waals surface area contributed by atoms with Gasteiger partial charge in [-0.1, -0.05) is 16.8 Å². The van der Waals surface area contributed by atoms with Crippen LogP contribution in [0, 0.1) is 6.92 Å². The van der Waals surface area contributed by atoms with E-state index in [1.54, 1.807) is 30.0 Å². The molecule has 0 N–H and O–H groups in total. The van der Waals surface area contributed by atoms with E-state index in [0.717, 1.165) is 10.2 Å². The fraction of sp³-hybridized carbons (Fsp3) is 0.267. The number of hydrogen-bond donors (Lipinski definition) is 0. The minimum Gasteiger partial charge on any atom is -0.496 e. The van der Waals surface area contributed by atoms with Crippen LogP contribution in [0.3, 0.4) is 0 Å². The van der Waals surface area contributed by atoms with Gasteiger partial charge in [0.2, 0.25) is 5.82 Å². The molecule has 0 aliphatic rings. The molecular formula is C15H14BrClN4O2. The smallest absolute Gasteiger partial charge is 0.251 e. The lowest BCUT2D eigenvalue weighted by atomic mass is 10.2. The molecule has 3 aromatic rings. The Balaban J connectivity index is 1.96. The maximum Gasteiger partial charge on any atom is 0.251 e. The first-order chi connectivity index (χ1) is 11.0. The Bertz CT molecular complexity index is 826. The molecule has 23 heavy (non-hydrogen) atoms. The van der Waals surface area contributed by atoms with Crippen molar-refractivity contribution in [1.82, 2.24) is 19.9 Å². The van der Waals surface area contributed by atoms with Crippen LogP contribution in [0.25, 0.3) is 11.4 Å². The third kappa shape index (κ3) is 3.11.